The number of nitrogens with zero attached hydrogens (tertiary/aromatic N) is 3. The summed E-state index contributed by atoms with van der Waals surface area (Å²) in [5.74, 6) is 0. The molecular formula is C10H15ClN4S2. The van der Waals surface area contributed by atoms with E-state index in [0.717, 1.165) is 18.8 Å². The Balaban J connectivity index is 0.00000144. The van der Waals surface area contributed by atoms with Crippen molar-refractivity contribution in [2.24, 2.45) is 0 Å². The number of thiazole rings is 2. The van der Waals surface area contributed by atoms with Gasteiger partial charge in [-0.2, -0.15) is 0 Å². The molecule has 94 valence electrons. The number of nitrogens with two attached hydrogens (primary N) is 1. The third-order valence-corrected chi connectivity index (χ3v) is 3.99. The molecule has 0 fully saturated rings. The predicted octanol–water partition coefficient (Wildman–Crippen LogP) is 2.54. The highest BCUT2D eigenvalue weighted by Gasteiger charge is 2.07. The maximum Gasteiger partial charge on any atom is 0.180 e. The van der Waals surface area contributed by atoms with Crippen LogP contribution in [0.15, 0.2) is 11.7 Å². The molecule has 2 rings (SSSR count). The van der Waals surface area contributed by atoms with Crippen molar-refractivity contribution in [3.63, 3.8) is 0 Å². The van der Waals surface area contributed by atoms with E-state index in [1.165, 1.54) is 9.75 Å². The fourth-order valence-electron chi connectivity index (χ4n) is 1.44. The first-order valence-electron chi connectivity index (χ1n) is 4.93. The summed E-state index contributed by atoms with van der Waals surface area (Å²) >= 11 is 3.25. The van der Waals surface area contributed by atoms with Gasteiger partial charge in [-0.25, -0.2) is 9.97 Å². The van der Waals surface area contributed by atoms with E-state index in [1.807, 2.05) is 18.6 Å². The summed E-state index contributed by atoms with van der Waals surface area (Å²) in [5, 5.41) is 0.636. The molecule has 4 nitrogen and oxygen atoms in total. The Kier molecular flexibility index (Phi) is 5.32. The SMILES string of the molecule is Cc1ncsc1CN(C)Cc1cnc(N)s1.Cl. The lowest BCUT2D eigenvalue weighted by Gasteiger charge is -2.14. The second kappa shape index (κ2) is 6.30. The highest BCUT2D eigenvalue weighted by atomic mass is 35.5. The normalized spacial score (nSPS) is 10.5. The third kappa shape index (κ3) is 3.92. The van der Waals surface area contributed by atoms with Crippen molar-refractivity contribution in [1.82, 2.24) is 14.9 Å². The Morgan fingerprint density at radius 2 is 2.12 bits per heavy atom. The number of nitrogen functional groups attached to an aromatic ring is 1. The van der Waals surface area contributed by atoms with Gasteiger partial charge in [0.05, 0.1) is 11.2 Å². The van der Waals surface area contributed by atoms with E-state index >= 15 is 0 Å². The molecule has 0 aromatic carbocycles. The van der Waals surface area contributed by atoms with Crippen LogP contribution in [-0.4, -0.2) is 21.9 Å². The van der Waals surface area contributed by atoms with Gasteiger partial charge in [-0.3, -0.25) is 4.90 Å². The molecule has 2 aromatic heterocycles. The first-order valence-corrected chi connectivity index (χ1v) is 6.62. The summed E-state index contributed by atoms with van der Waals surface area (Å²) in [7, 11) is 2.09. The van der Waals surface area contributed by atoms with Crippen LogP contribution in [0.1, 0.15) is 15.4 Å². The molecule has 0 aliphatic carbocycles. The zero-order valence-corrected chi connectivity index (χ0v) is 12.2. The molecule has 2 aromatic rings. The first-order chi connectivity index (χ1) is 7.65. The van der Waals surface area contributed by atoms with Crippen LogP contribution in [-0.2, 0) is 13.1 Å². The lowest BCUT2D eigenvalue weighted by Crippen LogP contribution is -2.16. The van der Waals surface area contributed by atoms with Crippen LogP contribution >= 0.6 is 35.1 Å². The van der Waals surface area contributed by atoms with E-state index in [4.69, 9.17) is 5.73 Å². The topological polar surface area (TPSA) is 55.0 Å². The molecule has 0 aliphatic heterocycles. The van der Waals surface area contributed by atoms with Crippen LogP contribution in [0.3, 0.4) is 0 Å². The minimum atomic E-state index is 0. The van der Waals surface area contributed by atoms with Crippen molar-refractivity contribution in [1.29, 1.82) is 0 Å². The van der Waals surface area contributed by atoms with Crippen molar-refractivity contribution in [2.45, 2.75) is 20.0 Å². The van der Waals surface area contributed by atoms with Crippen molar-refractivity contribution in [3.05, 3.63) is 27.2 Å². The highest BCUT2D eigenvalue weighted by Crippen LogP contribution is 2.19. The summed E-state index contributed by atoms with van der Waals surface area (Å²) in [6.07, 6.45) is 1.84. The standard InChI is InChI=1S/C10H14N4S2.ClH/c1-7-9(15-6-13-7)5-14(2)4-8-3-12-10(11)16-8;/h3,6H,4-5H2,1-2H3,(H2,11,12);1H. The van der Waals surface area contributed by atoms with Gasteiger partial charge in [-0.05, 0) is 14.0 Å². The van der Waals surface area contributed by atoms with Crippen molar-refractivity contribution >= 4 is 40.2 Å². The summed E-state index contributed by atoms with van der Waals surface area (Å²) in [6.45, 7) is 3.85. The van der Waals surface area contributed by atoms with Crippen molar-refractivity contribution < 1.29 is 0 Å². The predicted molar refractivity (Wildman–Crippen MR) is 75.8 cm³/mol. The number of aryl methyl sites for hydroxylation is 1. The van der Waals surface area contributed by atoms with Gasteiger partial charge in [-0.15, -0.1) is 35.1 Å². The number of hydrogen-bond acceptors (Lipinski definition) is 6. The van der Waals surface area contributed by atoms with Crippen LogP contribution in [0.5, 0.6) is 0 Å². The minimum Gasteiger partial charge on any atom is -0.375 e. The first kappa shape index (κ1) is 14.4. The average Bonchev–Trinajstić information content (AvgIpc) is 2.77. The molecular weight excluding hydrogens is 276 g/mol. The number of aromatic nitrogens is 2. The molecule has 2 N–H and O–H groups in total. The summed E-state index contributed by atoms with van der Waals surface area (Å²) < 4.78 is 0. The summed E-state index contributed by atoms with van der Waals surface area (Å²) in [5.41, 5.74) is 8.61. The van der Waals surface area contributed by atoms with Gasteiger partial charge in [0, 0.05) is 29.0 Å². The lowest BCUT2D eigenvalue weighted by molar-refractivity contribution is 0.324. The van der Waals surface area contributed by atoms with Crippen LogP contribution < -0.4 is 5.73 Å². The van der Waals surface area contributed by atoms with Gasteiger partial charge in [0.15, 0.2) is 5.13 Å². The van der Waals surface area contributed by atoms with Gasteiger partial charge in [0.25, 0.3) is 0 Å². The molecule has 0 aliphatic rings. The molecule has 0 bridgehead atoms. The van der Waals surface area contributed by atoms with Crippen LogP contribution in [0, 0.1) is 6.92 Å². The Hall–Kier alpha value is -0.690. The smallest absolute Gasteiger partial charge is 0.180 e. The molecule has 2 heterocycles. The molecule has 0 spiro atoms. The van der Waals surface area contributed by atoms with E-state index in [9.17, 15) is 0 Å². The number of halogens is 1. The van der Waals surface area contributed by atoms with E-state index < -0.39 is 0 Å². The number of anilines is 1. The van der Waals surface area contributed by atoms with E-state index in [1.54, 1.807) is 22.7 Å². The van der Waals surface area contributed by atoms with Gasteiger partial charge in [0.2, 0.25) is 0 Å². The Bertz CT molecular complexity index is 468. The maximum atomic E-state index is 5.60. The zero-order valence-electron chi connectivity index (χ0n) is 9.71. The quantitative estimate of drug-likeness (QED) is 0.940. The molecule has 0 amide bonds. The Labute approximate surface area is 115 Å². The molecule has 0 radical (unpaired) electrons. The number of rotatable bonds is 4. The number of hydrogen-bond donors (Lipinski definition) is 1. The Morgan fingerprint density at radius 1 is 1.35 bits per heavy atom. The molecule has 0 saturated carbocycles. The summed E-state index contributed by atoms with van der Waals surface area (Å²) in [4.78, 5) is 13.0. The van der Waals surface area contributed by atoms with Crippen molar-refractivity contribution in [3.8, 4) is 0 Å². The lowest BCUT2D eigenvalue weighted by atomic mass is 10.3. The van der Waals surface area contributed by atoms with E-state index in [2.05, 4.69) is 21.9 Å². The molecule has 0 unspecified atom stereocenters. The van der Waals surface area contributed by atoms with Gasteiger partial charge >= 0.3 is 0 Å². The van der Waals surface area contributed by atoms with E-state index in [0.29, 0.717) is 5.13 Å². The summed E-state index contributed by atoms with van der Waals surface area (Å²) in [6, 6.07) is 0. The Morgan fingerprint density at radius 3 is 2.65 bits per heavy atom. The second-order valence-electron chi connectivity index (χ2n) is 3.70. The zero-order chi connectivity index (χ0) is 11.5. The fraction of sp³-hybridized carbons (Fsp3) is 0.400. The average molecular weight is 291 g/mol. The molecule has 7 heteroatoms. The van der Waals surface area contributed by atoms with Gasteiger partial charge < -0.3 is 5.73 Å². The van der Waals surface area contributed by atoms with Crippen LogP contribution in [0.25, 0.3) is 0 Å². The monoisotopic (exact) mass is 290 g/mol. The molecule has 0 saturated heterocycles. The van der Waals surface area contributed by atoms with Gasteiger partial charge in [0.1, 0.15) is 0 Å². The van der Waals surface area contributed by atoms with Crippen LogP contribution in [0.4, 0.5) is 5.13 Å². The second-order valence-corrected chi connectivity index (χ2v) is 5.78. The highest BCUT2D eigenvalue weighted by molar-refractivity contribution is 7.15. The van der Waals surface area contributed by atoms with Crippen LogP contribution in [0.2, 0.25) is 0 Å². The van der Waals surface area contributed by atoms with E-state index in [-0.39, 0.29) is 12.4 Å². The van der Waals surface area contributed by atoms with Crippen molar-refractivity contribution in [2.75, 3.05) is 12.8 Å². The minimum absolute atomic E-state index is 0. The van der Waals surface area contributed by atoms with Gasteiger partial charge in [-0.1, -0.05) is 0 Å². The third-order valence-electron chi connectivity index (χ3n) is 2.26. The fourth-order valence-corrected chi connectivity index (χ4v) is 3.06. The molecule has 0 atom stereocenters. The largest absolute Gasteiger partial charge is 0.375 e. The molecule has 17 heavy (non-hydrogen) atoms. The maximum absolute atomic E-state index is 5.60.